The van der Waals surface area contributed by atoms with Gasteiger partial charge in [0.15, 0.2) is 5.96 Å². The lowest BCUT2D eigenvalue weighted by atomic mass is 9.72. The Balaban J connectivity index is 1.52. The predicted octanol–water partition coefficient (Wildman–Crippen LogP) is 5.03. The average molecular weight is 683 g/mol. The van der Waals surface area contributed by atoms with Crippen LogP contribution < -0.4 is 31.8 Å². The van der Waals surface area contributed by atoms with E-state index in [2.05, 4.69) is 10.5 Å². The van der Waals surface area contributed by atoms with Crippen LogP contribution in [-0.2, 0) is 17.8 Å². The van der Waals surface area contributed by atoms with E-state index in [0.717, 1.165) is 36.8 Å². The first-order valence-corrected chi connectivity index (χ1v) is 18.8. The maximum Gasteiger partial charge on any atom is 0.200 e. The van der Waals surface area contributed by atoms with Gasteiger partial charge >= 0.3 is 0 Å². The zero-order chi connectivity index (χ0) is 33.1. The normalized spacial score (nSPS) is 26.0. The topological polar surface area (TPSA) is 186 Å². The van der Waals surface area contributed by atoms with Crippen molar-refractivity contribution in [2.45, 2.75) is 106 Å². The third kappa shape index (κ3) is 5.94. The van der Waals surface area contributed by atoms with Crippen LogP contribution in [0.15, 0.2) is 38.5 Å². The van der Waals surface area contributed by atoms with Crippen molar-refractivity contribution < 1.29 is 29.3 Å². The summed E-state index contributed by atoms with van der Waals surface area (Å²) in [7, 11) is 3.16. The van der Waals surface area contributed by atoms with Gasteiger partial charge < -0.3 is 35.6 Å². The summed E-state index contributed by atoms with van der Waals surface area (Å²) in [5.41, 5.74) is 14.5. The van der Waals surface area contributed by atoms with Gasteiger partial charge in [-0.05, 0) is 70.1 Å². The third-order valence-corrected chi connectivity index (χ3v) is 12.4. The number of nitrogens with one attached hydrogen (secondary N) is 1. The van der Waals surface area contributed by atoms with Gasteiger partial charge in [0.05, 0.1) is 23.4 Å². The number of aliphatic imine (C=N–C) groups is 1. The molecule has 0 unspecified atom stereocenters. The van der Waals surface area contributed by atoms with Gasteiger partial charge in [-0.15, -0.1) is 0 Å². The molecule has 0 spiro atoms. The quantitative estimate of drug-likeness (QED) is 0.0883. The Morgan fingerprint density at radius 1 is 1.13 bits per heavy atom. The highest BCUT2D eigenvalue weighted by Gasteiger charge is 2.47. The second kappa shape index (κ2) is 12.4. The first kappa shape index (κ1) is 32.4. The van der Waals surface area contributed by atoms with Crippen molar-refractivity contribution in [1.82, 2.24) is 0 Å². The van der Waals surface area contributed by atoms with Crippen LogP contribution in [-0.4, -0.2) is 51.0 Å². The molecule has 1 fully saturated rings. The summed E-state index contributed by atoms with van der Waals surface area (Å²) < 4.78 is 20.2. The van der Waals surface area contributed by atoms with Crippen molar-refractivity contribution in [3.05, 3.63) is 62.5 Å². The fraction of sp³-hybridized carbons (Fsp3) is 0.529. The van der Waals surface area contributed by atoms with Crippen LogP contribution in [0.5, 0.6) is 11.5 Å². The standard InChI is InChI=1S/C34H42N4O7S2/c1-33(2,40)24-13-22-28(44-24)23-16-47-46-15-19(37-32(35)36)14-34(41)12-11-21(17-7-9-18(38-42)10-8-17)25-27(39)26(30(23)45-31(25)34)29(22)43-20-5-3-4-6-20/h7-10,19-21,24,38,40-42H,3-6,11-16H2,1-2H3,(H4,35,36,37)/t19-,21-,24+,34-/m1/s1. The summed E-state index contributed by atoms with van der Waals surface area (Å²) in [6.45, 7) is 3.45. The minimum absolute atomic E-state index is 0.0524. The molecule has 1 aromatic heterocycles. The molecule has 8 N–H and O–H groups in total. The Labute approximate surface area is 280 Å². The van der Waals surface area contributed by atoms with Crippen molar-refractivity contribution >= 4 is 44.2 Å². The minimum Gasteiger partial charge on any atom is -0.489 e. The Bertz CT molecular complexity index is 1760. The van der Waals surface area contributed by atoms with E-state index in [4.69, 9.17) is 25.4 Å². The molecule has 0 saturated heterocycles. The van der Waals surface area contributed by atoms with Crippen LogP contribution in [0.25, 0.3) is 11.0 Å². The first-order valence-electron chi connectivity index (χ1n) is 16.3. The van der Waals surface area contributed by atoms with E-state index in [1.165, 1.54) is 0 Å². The van der Waals surface area contributed by atoms with Crippen molar-refractivity contribution in [2.75, 3.05) is 11.2 Å². The average Bonchev–Trinajstić information content (AvgIpc) is 3.71. The first-order chi connectivity index (χ1) is 22.5. The van der Waals surface area contributed by atoms with Gasteiger partial charge in [-0.3, -0.25) is 15.5 Å². The second-order valence-corrected chi connectivity index (χ2v) is 16.3. The summed E-state index contributed by atoms with van der Waals surface area (Å²) in [6.07, 6.45) is 4.61. The number of fused-ring (bicyclic) bond motifs is 2. The SMILES string of the molecule is CC(C)(O)[C@@H]1Cc2c(c3c4oc5c(c(=O)c4c2OC2CCCC2)[C@@H](c2ccc(NO)cc2)CC[C@@]5(O)C[C@@H](N=C(N)N)CSSC3)O1. The highest BCUT2D eigenvalue weighted by Crippen LogP contribution is 2.53. The number of nitrogens with two attached hydrogens (primary N) is 2. The van der Waals surface area contributed by atoms with Gasteiger partial charge in [0.25, 0.3) is 0 Å². The number of aliphatic hydroxyl groups is 2. The number of nitrogens with zero attached hydrogens (tertiary/aromatic N) is 1. The van der Waals surface area contributed by atoms with Gasteiger partial charge in [-0.2, -0.15) is 0 Å². The summed E-state index contributed by atoms with van der Waals surface area (Å²) in [6, 6.07) is 6.81. The fourth-order valence-corrected chi connectivity index (χ4v) is 9.90. The number of guanidine groups is 1. The van der Waals surface area contributed by atoms with Crippen LogP contribution in [0.4, 0.5) is 5.69 Å². The van der Waals surface area contributed by atoms with E-state index in [-0.39, 0.29) is 35.6 Å². The molecule has 1 saturated carbocycles. The second-order valence-electron chi connectivity index (χ2n) is 13.8. The highest BCUT2D eigenvalue weighted by molar-refractivity contribution is 8.76. The molecule has 7 rings (SSSR count). The van der Waals surface area contributed by atoms with E-state index >= 15 is 4.79 Å². The number of ether oxygens (including phenoxy) is 2. The van der Waals surface area contributed by atoms with Gasteiger partial charge in [-0.25, -0.2) is 4.99 Å². The van der Waals surface area contributed by atoms with E-state index < -0.39 is 23.3 Å². The van der Waals surface area contributed by atoms with Crippen molar-refractivity contribution in [3.8, 4) is 11.5 Å². The lowest BCUT2D eigenvalue weighted by Crippen LogP contribution is -2.39. The zero-order valence-electron chi connectivity index (χ0n) is 26.6. The molecule has 4 aliphatic rings. The van der Waals surface area contributed by atoms with E-state index in [1.54, 1.807) is 47.6 Å². The van der Waals surface area contributed by atoms with E-state index in [1.807, 2.05) is 12.1 Å². The Morgan fingerprint density at radius 3 is 2.55 bits per heavy atom. The van der Waals surface area contributed by atoms with Gasteiger partial charge in [-0.1, -0.05) is 33.7 Å². The van der Waals surface area contributed by atoms with Crippen LogP contribution in [0.2, 0.25) is 0 Å². The van der Waals surface area contributed by atoms with Crippen LogP contribution in [0.1, 0.15) is 92.7 Å². The third-order valence-electron chi connectivity index (χ3n) is 10.0. The Morgan fingerprint density at radius 2 is 1.87 bits per heavy atom. The zero-order valence-corrected chi connectivity index (χ0v) is 28.2. The fourth-order valence-electron chi connectivity index (χ4n) is 7.62. The molecule has 0 amide bonds. The maximum atomic E-state index is 15.2. The molecule has 11 nitrogen and oxygen atoms in total. The lowest BCUT2D eigenvalue weighted by Gasteiger charge is -2.38. The monoisotopic (exact) mass is 682 g/mol. The van der Waals surface area contributed by atoms with Crippen molar-refractivity contribution in [3.63, 3.8) is 0 Å². The summed E-state index contributed by atoms with van der Waals surface area (Å²) in [5, 5.41) is 33.3. The summed E-state index contributed by atoms with van der Waals surface area (Å²) in [4.78, 5) is 19.7. The highest BCUT2D eigenvalue weighted by atomic mass is 33.1. The summed E-state index contributed by atoms with van der Waals surface area (Å²) >= 11 is 0. The van der Waals surface area contributed by atoms with Crippen molar-refractivity contribution in [1.29, 1.82) is 0 Å². The smallest absolute Gasteiger partial charge is 0.200 e. The van der Waals surface area contributed by atoms with Crippen molar-refractivity contribution in [2.24, 2.45) is 16.5 Å². The molecular weight excluding hydrogens is 641 g/mol. The molecular formula is C34H42N4O7S2. The van der Waals surface area contributed by atoms with Gasteiger partial charge in [0.1, 0.15) is 39.9 Å². The van der Waals surface area contributed by atoms with Crippen LogP contribution in [0, 0.1) is 0 Å². The van der Waals surface area contributed by atoms with Crippen LogP contribution >= 0.6 is 21.6 Å². The lowest BCUT2D eigenvalue weighted by molar-refractivity contribution is -0.0232. The van der Waals surface area contributed by atoms with Gasteiger partial charge in [0.2, 0.25) is 5.43 Å². The molecule has 4 atom stereocenters. The number of rotatable bonds is 6. The maximum absolute atomic E-state index is 15.2. The molecule has 2 aliphatic heterocycles. The van der Waals surface area contributed by atoms with E-state index in [9.17, 15) is 15.4 Å². The van der Waals surface area contributed by atoms with Crippen LogP contribution in [0.3, 0.4) is 0 Å². The number of hydrogen-bond donors (Lipinski definition) is 6. The number of benzene rings is 2. The Kier molecular flexibility index (Phi) is 8.57. The predicted molar refractivity (Wildman–Crippen MR) is 185 cm³/mol. The minimum atomic E-state index is -1.52. The molecule has 47 heavy (non-hydrogen) atoms. The largest absolute Gasteiger partial charge is 0.489 e. The number of anilines is 1. The van der Waals surface area contributed by atoms with Gasteiger partial charge in [0, 0.05) is 47.0 Å². The molecule has 13 heteroatoms. The number of hydrogen-bond acceptors (Lipinski definition) is 11. The molecule has 252 valence electrons. The molecule has 3 aromatic rings. The Hall–Kier alpha value is -3.10. The molecule has 2 aliphatic carbocycles. The summed E-state index contributed by atoms with van der Waals surface area (Å²) in [5.74, 6) is 1.78. The molecule has 2 bridgehead atoms. The molecule has 2 aromatic carbocycles. The molecule has 3 heterocycles. The van der Waals surface area contributed by atoms with E-state index in [0.29, 0.717) is 70.1 Å². The molecule has 0 radical (unpaired) electrons.